The molecule has 16 heavy (non-hydrogen) atoms. The topological polar surface area (TPSA) is 49.9 Å². The molecule has 86 valence electrons. The fourth-order valence-electron chi connectivity index (χ4n) is 1.50. The average molecular weight is 284 g/mol. The summed E-state index contributed by atoms with van der Waals surface area (Å²) in [7, 11) is 1.69. The maximum atomic E-state index is 4.96. The van der Waals surface area contributed by atoms with Crippen LogP contribution in [0, 0.1) is 0 Å². The highest BCUT2D eigenvalue weighted by Gasteiger charge is 2.02. The minimum atomic E-state index is 0.714. The lowest BCUT2D eigenvalue weighted by Crippen LogP contribution is -2.19. The largest absolute Gasteiger partial charge is 0.383 e. The van der Waals surface area contributed by atoms with E-state index in [9.17, 15) is 0 Å². The Labute approximate surface area is 103 Å². The number of hydrogen-bond donors (Lipinski definition) is 2. The van der Waals surface area contributed by atoms with Crippen molar-refractivity contribution in [3.8, 4) is 0 Å². The smallest absolute Gasteiger partial charge is 0.121 e. The standard InChI is InChI=1S/C11H14BrN3O/c1-16-5-4-13-7-11-14-9-3-2-8(12)6-10(9)15-11/h2-3,6,13H,4-5,7H2,1H3,(H,14,15). The molecule has 0 amide bonds. The molecular formula is C11H14BrN3O. The van der Waals surface area contributed by atoms with E-state index in [4.69, 9.17) is 4.74 Å². The molecule has 1 heterocycles. The molecule has 0 atom stereocenters. The molecule has 0 spiro atoms. The number of hydrogen-bond acceptors (Lipinski definition) is 3. The van der Waals surface area contributed by atoms with Crippen LogP contribution in [0.3, 0.4) is 0 Å². The molecule has 5 heteroatoms. The molecular weight excluding hydrogens is 270 g/mol. The number of nitrogens with zero attached hydrogens (tertiary/aromatic N) is 1. The molecule has 0 aliphatic rings. The zero-order valence-electron chi connectivity index (χ0n) is 9.09. The first kappa shape index (κ1) is 11.6. The first-order valence-electron chi connectivity index (χ1n) is 5.13. The first-order valence-corrected chi connectivity index (χ1v) is 5.92. The van der Waals surface area contributed by atoms with Crippen LogP contribution in [0.2, 0.25) is 0 Å². The summed E-state index contributed by atoms with van der Waals surface area (Å²) in [5.74, 6) is 0.948. The van der Waals surface area contributed by atoms with Crippen molar-refractivity contribution < 1.29 is 4.74 Å². The third-order valence-corrected chi connectivity index (χ3v) is 2.76. The molecule has 0 aliphatic heterocycles. The normalized spacial score (nSPS) is 11.1. The van der Waals surface area contributed by atoms with Crippen molar-refractivity contribution in [2.75, 3.05) is 20.3 Å². The van der Waals surface area contributed by atoms with Gasteiger partial charge in [-0.15, -0.1) is 0 Å². The van der Waals surface area contributed by atoms with Crippen LogP contribution in [0.4, 0.5) is 0 Å². The quantitative estimate of drug-likeness (QED) is 0.826. The lowest BCUT2D eigenvalue weighted by atomic mass is 10.3. The molecule has 1 aromatic heterocycles. The number of methoxy groups -OCH3 is 1. The molecule has 0 aliphatic carbocycles. The van der Waals surface area contributed by atoms with Crippen molar-refractivity contribution in [3.63, 3.8) is 0 Å². The Balaban J connectivity index is 2.02. The van der Waals surface area contributed by atoms with Gasteiger partial charge >= 0.3 is 0 Å². The summed E-state index contributed by atoms with van der Waals surface area (Å²) >= 11 is 3.43. The van der Waals surface area contributed by atoms with Crippen LogP contribution in [-0.4, -0.2) is 30.2 Å². The van der Waals surface area contributed by atoms with Gasteiger partial charge in [-0.05, 0) is 18.2 Å². The highest BCUT2D eigenvalue weighted by Crippen LogP contribution is 2.17. The third-order valence-electron chi connectivity index (χ3n) is 2.27. The second-order valence-electron chi connectivity index (χ2n) is 3.51. The summed E-state index contributed by atoms with van der Waals surface area (Å²) in [4.78, 5) is 7.74. The minimum Gasteiger partial charge on any atom is -0.383 e. The van der Waals surface area contributed by atoms with E-state index in [1.165, 1.54) is 0 Å². The van der Waals surface area contributed by atoms with E-state index in [1.54, 1.807) is 7.11 Å². The van der Waals surface area contributed by atoms with E-state index in [0.717, 1.165) is 34.4 Å². The zero-order valence-corrected chi connectivity index (χ0v) is 10.7. The summed E-state index contributed by atoms with van der Waals surface area (Å²) in [6.45, 7) is 2.28. The van der Waals surface area contributed by atoms with Gasteiger partial charge in [-0.3, -0.25) is 0 Å². The van der Waals surface area contributed by atoms with E-state index in [1.807, 2.05) is 18.2 Å². The number of halogens is 1. The second-order valence-corrected chi connectivity index (χ2v) is 4.43. The monoisotopic (exact) mass is 283 g/mol. The van der Waals surface area contributed by atoms with Crippen molar-refractivity contribution >= 4 is 27.0 Å². The Kier molecular flexibility index (Phi) is 3.93. The van der Waals surface area contributed by atoms with Crippen LogP contribution < -0.4 is 5.32 Å². The minimum absolute atomic E-state index is 0.714. The van der Waals surface area contributed by atoms with Crippen LogP contribution in [0.15, 0.2) is 22.7 Å². The van der Waals surface area contributed by atoms with E-state index >= 15 is 0 Å². The maximum Gasteiger partial charge on any atom is 0.121 e. The molecule has 1 aromatic carbocycles. The lowest BCUT2D eigenvalue weighted by molar-refractivity contribution is 0.199. The Morgan fingerprint density at radius 1 is 1.50 bits per heavy atom. The molecule has 0 bridgehead atoms. The van der Waals surface area contributed by atoms with Crippen LogP contribution in [0.5, 0.6) is 0 Å². The summed E-state index contributed by atoms with van der Waals surface area (Å²) in [5, 5.41) is 3.25. The highest BCUT2D eigenvalue weighted by molar-refractivity contribution is 9.10. The molecule has 0 fully saturated rings. The van der Waals surface area contributed by atoms with Gasteiger partial charge in [0.2, 0.25) is 0 Å². The van der Waals surface area contributed by atoms with E-state index in [0.29, 0.717) is 6.61 Å². The number of H-pyrrole nitrogens is 1. The molecule has 0 unspecified atom stereocenters. The van der Waals surface area contributed by atoms with Crippen molar-refractivity contribution in [1.29, 1.82) is 0 Å². The molecule has 0 radical (unpaired) electrons. The number of rotatable bonds is 5. The van der Waals surface area contributed by atoms with Crippen molar-refractivity contribution in [3.05, 3.63) is 28.5 Å². The van der Waals surface area contributed by atoms with Crippen molar-refractivity contribution in [2.24, 2.45) is 0 Å². The highest BCUT2D eigenvalue weighted by atomic mass is 79.9. The van der Waals surface area contributed by atoms with E-state index in [2.05, 4.69) is 31.2 Å². The second kappa shape index (κ2) is 5.43. The van der Waals surface area contributed by atoms with Crippen LogP contribution >= 0.6 is 15.9 Å². The van der Waals surface area contributed by atoms with E-state index in [-0.39, 0.29) is 0 Å². The van der Waals surface area contributed by atoms with Gasteiger partial charge in [0.05, 0.1) is 24.2 Å². The summed E-state index contributed by atoms with van der Waals surface area (Å²) in [6.07, 6.45) is 0. The number of aromatic nitrogens is 2. The third kappa shape index (κ3) is 2.81. The molecule has 2 aromatic rings. The molecule has 0 saturated heterocycles. The lowest BCUT2D eigenvalue weighted by Gasteiger charge is -2.00. The summed E-state index contributed by atoms with van der Waals surface area (Å²) < 4.78 is 6.01. The van der Waals surface area contributed by atoms with Crippen LogP contribution in [-0.2, 0) is 11.3 Å². The van der Waals surface area contributed by atoms with Gasteiger partial charge in [0.1, 0.15) is 5.82 Å². The molecule has 0 saturated carbocycles. The fourth-order valence-corrected chi connectivity index (χ4v) is 1.86. The van der Waals surface area contributed by atoms with E-state index < -0.39 is 0 Å². The summed E-state index contributed by atoms with van der Waals surface area (Å²) in [6, 6.07) is 6.01. The SMILES string of the molecule is COCCNCc1nc2ccc(Br)cc2[nH]1. The van der Waals surface area contributed by atoms with Gasteiger partial charge in [-0.2, -0.15) is 0 Å². The maximum absolute atomic E-state index is 4.96. The number of imidazole rings is 1. The summed E-state index contributed by atoms with van der Waals surface area (Å²) in [5.41, 5.74) is 2.05. The predicted octanol–water partition coefficient (Wildman–Crippen LogP) is 2.06. The van der Waals surface area contributed by atoms with Crippen molar-refractivity contribution in [2.45, 2.75) is 6.54 Å². The Morgan fingerprint density at radius 3 is 3.19 bits per heavy atom. The van der Waals surface area contributed by atoms with Gasteiger partial charge in [0.15, 0.2) is 0 Å². The number of nitrogens with one attached hydrogen (secondary N) is 2. The van der Waals surface area contributed by atoms with Gasteiger partial charge < -0.3 is 15.0 Å². The Bertz CT molecular complexity index is 469. The number of fused-ring (bicyclic) bond motifs is 1. The average Bonchev–Trinajstić information content (AvgIpc) is 2.66. The Morgan fingerprint density at radius 2 is 2.38 bits per heavy atom. The molecule has 4 nitrogen and oxygen atoms in total. The van der Waals surface area contributed by atoms with Gasteiger partial charge in [-0.25, -0.2) is 4.98 Å². The number of benzene rings is 1. The molecule has 2 rings (SSSR count). The fraction of sp³-hybridized carbons (Fsp3) is 0.364. The van der Waals surface area contributed by atoms with Gasteiger partial charge in [0.25, 0.3) is 0 Å². The molecule has 2 N–H and O–H groups in total. The predicted molar refractivity (Wildman–Crippen MR) is 67.4 cm³/mol. The van der Waals surface area contributed by atoms with Gasteiger partial charge in [0, 0.05) is 18.1 Å². The van der Waals surface area contributed by atoms with Crippen LogP contribution in [0.1, 0.15) is 5.82 Å². The van der Waals surface area contributed by atoms with Gasteiger partial charge in [-0.1, -0.05) is 15.9 Å². The van der Waals surface area contributed by atoms with Crippen LogP contribution in [0.25, 0.3) is 11.0 Å². The first-order chi connectivity index (χ1) is 7.79. The Hall–Kier alpha value is -0.910. The number of ether oxygens (including phenoxy) is 1. The van der Waals surface area contributed by atoms with Crippen molar-refractivity contribution in [1.82, 2.24) is 15.3 Å². The number of aromatic amines is 1. The zero-order chi connectivity index (χ0) is 11.4.